The van der Waals surface area contributed by atoms with Crippen LogP contribution in [0.5, 0.6) is 0 Å². The van der Waals surface area contributed by atoms with E-state index in [-0.39, 0.29) is 0 Å². The maximum Gasteiger partial charge on any atom is 0.239 e. The second-order valence-electron chi connectivity index (χ2n) is 6.75. The molecule has 0 aromatic rings. The van der Waals surface area contributed by atoms with E-state index in [1.807, 2.05) is 11.8 Å². The largest absolute Gasteiger partial charge is 0.398 e. The van der Waals surface area contributed by atoms with E-state index in [9.17, 15) is 0 Å². The highest BCUT2D eigenvalue weighted by Crippen LogP contribution is 2.24. The van der Waals surface area contributed by atoms with Crippen LogP contribution in [0.15, 0.2) is 0 Å². The normalized spacial score (nSPS) is 13.9. The first-order valence-corrected chi connectivity index (χ1v) is 16.7. The lowest BCUT2D eigenvalue weighted by Gasteiger charge is -2.21. The van der Waals surface area contributed by atoms with Crippen molar-refractivity contribution in [3.63, 3.8) is 0 Å². The smallest absolute Gasteiger partial charge is 0.239 e. The number of hydrogen-bond donors (Lipinski definition) is 0. The zero-order chi connectivity index (χ0) is 18.6. The minimum Gasteiger partial charge on any atom is -0.398 e. The molecule has 152 valence electrons. The summed E-state index contributed by atoms with van der Waals surface area (Å²) in [6.45, 7) is 9.12. The molecule has 0 saturated heterocycles. The van der Waals surface area contributed by atoms with Crippen LogP contribution < -0.4 is 0 Å². The number of unbranched alkanes of at least 4 members (excludes halogenated alkanes) is 6. The van der Waals surface area contributed by atoms with Crippen LogP contribution in [-0.2, 0) is 4.43 Å². The highest BCUT2D eigenvalue weighted by molar-refractivity contribution is 8.24. The van der Waals surface area contributed by atoms with Crippen molar-refractivity contribution in [3.8, 4) is 0 Å². The lowest BCUT2D eigenvalue weighted by atomic mass is 10.2. The van der Waals surface area contributed by atoms with Crippen molar-refractivity contribution in [1.29, 1.82) is 0 Å². The molecular weight excluding hydrogens is 381 g/mol. The van der Waals surface area contributed by atoms with Crippen molar-refractivity contribution in [1.82, 2.24) is 0 Å². The van der Waals surface area contributed by atoms with E-state index in [4.69, 9.17) is 4.43 Å². The molecule has 2 atom stereocenters. The van der Waals surface area contributed by atoms with Crippen LogP contribution in [0.1, 0.15) is 91.9 Å². The van der Waals surface area contributed by atoms with Crippen LogP contribution in [0.4, 0.5) is 0 Å². The predicted molar refractivity (Wildman–Crippen MR) is 128 cm³/mol. The monoisotopic (exact) mass is 424 g/mol. The molecule has 5 heteroatoms. The summed E-state index contributed by atoms with van der Waals surface area (Å²) in [5.41, 5.74) is 0.406. The van der Waals surface area contributed by atoms with Crippen LogP contribution in [0.3, 0.4) is 0 Å². The maximum atomic E-state index is 6.47. The van der Waals surface area contributed by atoms with Gasteiger partial charge in [-0.05, 0) is 61.7 Å². The maximum absolute atomic E-state index is 6.47. The molecule has 0 spiro atoms. The molecule has 0 aliphatic carbocycles. The highest BCUT2D eigenvalue weighted by atomic mass is 32.4. The van der Waals surface area contributed by atoms with Crippen molar-refractivity contribution in [2.75, 3.05) is 23.0 Å². The molecule has 2 unspecified atom stereocenters. The molecule has 0 bridgehead atoms. The van der Waals surface area contributed by atoms with Crippen LogP contribution in [0, 0.1) is 0 Å². The highest BCUT2D eigenvalue weighted by Gasteiger charge is 2.16. The van der Waals surface area contributed by atoms with E-state index in [0.717, 1.165) is 0 Å². The second-order valence-corrected chi connectivity index (χ2v) is 14.4. The summed E-state index contributed by atoms with van der Waals surface area (Å²) in [5, 5.41) is 0. The van der Waals surface area contributed by atoms with Gasteiger partial charge in [0.05, 0.1) is 5.44 Å². The molecule has 1 nitrogen and oxygen atoms in total. The average Bonchev–Trinajstić information content (AvgIpc) is 2.60. The van der Waals surface area contributed by atoms with Crippen LogP contribution in [0.2, 0.25) is 6.04 Å². The Hall–Kier alpha value is 1.23. The number of hydrogen-bond acceptors (Lipinski definition) is 4. The Morgan fingerprint density at radius 3 is 2.08 bits per heavy atom. The minimum atomic E-state index is -1.07. The van der Waals surface area contributed by atoms with Gasteiger partial charge in [-0.1, -0.05) is 59.3 Å². The van der Waals surface area contributed by atoms with Crippen molar-refractivity contribution in [2.24, 2.45) is 0 Å². The van der Waals surface area contributed by atoms with Gasteiger partial charge >= 0.3 is 0 Å². The van der Waals surface area contributed by atoms with Gasteiger partial charge in [0.15, 0.2) is 0 Å². The standard InChI is InChI=1S/C20H44OS3Si/c1-5-8-11-12-13-15-22-16-14-19-25(24-18-10-7-3)21-20(4)23-17-9-6-2/h20,25H,5-19H2,1-4H3. The van der Waals surface area contributed by atoms with Gasteiger partial charge in [0, 0.05) is 0 Å². The van der Waals surface area contributed by atoms with Crippen molar-refractivity contribution < 1.29 is 4.43 Å². The van der Waals surface area contributed by atoms with Gasteiger partial charge in [-0.25, -0.2) is 0 Å². The molecule has 0 amide bonds. The molecular formula is C20H44OS3Si. The van der Waals surface area contributed by atoms with Crippen molar-refractivity contribution in [2.45, 2.75) is 103 Å². The summed E-state index contributed by atoms with van der Waals surface area (Å²) in [4.78, 5) is 0. The minimum absolute atomic E-state index is 0.406. The summed E-state index contributed by atoms with van der Waals surface area (Å²) < 4.78 is 6.47. The first-order valence-electron chi connectivity index (χ1n) is 10.7. The van der Waals surface area contributed by atoms with Gasteiger partial charge in [-0.3, -0.25) is 0 Å². The first-order chi connectivity index (χ1) is 12.2. The molecule has 25 heavy (non-hydrogen) atoms. The molecule has 0 heterocycles. The second kappa shape index (κ2) is 21.5. The number of rotatable bonds is 20. The van der Waals surface area contributed by atoms with E-state index in [2.05, 4.69) is 50.7 Å². The Kier molecular flexibility index (Phi) is 22.6. The molecule has 0 saturated carbocycles. The zero-order valence-corrected chi connectivity index (χ0v) is 21.0. The van der Waals surface area contributed by atoms with Crippen LogP contribution in [0.25, 0.3) is 0 Å². The quantitative estimate of drug-likeness (QED) is 0.112. The number of thioether (sulfide) groups is 2. The van der Waals surface area contributed by atoms with Gasteiger partial charge in [-0.15, -0.1) is 11.8 Å². The van der Waals surface area contributed by atoms with Gasteiger partial charge in [0.1, 0.15) is 0 Å². The Morgan fingerprint density at radius 2 is 1.36 bits per heavy atom. The summed E-state index contributed by atoms with van der Waals surface area (Å²) in [6.07, 6.45) is 13.7. The summed E-state index contributed by atoms with van der Waals surface area (Å²) in [5.74, 6) is 5.27. The Morgan fingerprint density at radius 1 is 0.720 bits per heavy atom. The average molecular weight is 425 g/mol. The first kappa shape index (κ1) is 26.2. The van der Waals surface area contributed by atoms with E-state index in [0.29, 0.717) is 5.44 Å². The Balaban J connectivity index is 3.78. The topological polar surface area (TPSA) is 9.23 Å². The third kappa shape index (κ3) is 19.8. The Labute approximate surface area is 173 Å². The molecule has 0 radical (unpaired) electrons. The fourth-order valence-corrected chi connectivity index (χ4v) is 10.5. The molecule has 0 N–H and O–H groups in total. The third-order valence-corrected chi connectivity index (χ3v) is 11.9. The van der Waals surface area contributed by atoms with Crippen LogP contribution >= 0.6 is 34.7 Å². The SMILES string of the molecule is CCCCCCCSCCC[SiH](OC(C)SCCCC)SCCCC. The lowest BCUT2D eigenvalue weighted by molar-refractivity contribution is 0.320. The molecule has 0 aliphatic heterocycles. The Bertz CT molecular complexity index is 257. The van der Waals surface area contributed by atoms with E-state index in [1.165, 1.54) is 93.3 Å². The molecule has 0 fully saturated rings. The zero-order valence-electron chi connectivity index (χ0n) is 17.4. The lowest BCUT2D eigenvalue weighted by Crippen LogP contribution is -2.20. The fraction of sp³-hybridized carbons (Fsp3) is 1.00. The third-order valence-electron chi connectivity index (χ3n) is 4.12. The summed E-state index contributed by atoms with van der Waals surface area (Å²) in [7, 11) is -1.07. The van der Waals surface area contributed by atoms with E-state index < -0.39 is 8.19 Å². The summed E-state index contributed by atoms with van der Waals surface area (Å²) >= 11 is 6.37. The van der Waals surface area contributed by atoms with Gasteiger partial charge in [-0.2, -0.15) is 23.0 Å². The molecule has 0 aromatic carbocycles. The molecule has 0 rings (SSSR count). The predicted octanol–water partition coefficient (Wildman–Crippen LogP) is 7.73. The van der Waals surface area contributed by atoms with E-state index >= 15 is 0 Å². The van der Waals surface area contributed by atoms with Crippen LogP contribution in [-0.4, -0.2) is 36.6 Å². The van der Waals surface area contributed by atoms with Gasteiger partial charge in [0.2, 0.25) is 8.19 Å². The fourth-order valence-electron chi connectivity index (χ4n) is 2.46. The van der Waals surface area contributed by atoms with E-state index in [1.54, 1.807) is 0 Å². The van der Waals surface area contributed by atoms with Gasteiger partial charge in [0.25, 0.3) is 0 Å². The van der Waals surface area contributed by atoms with Crippen molar-refractivity contribution >= 4 is 42.9 Å². The summed E-state index contributed by atoms with van der Waals surface area (Å²) in [6, 6.07) is 1.36. The molecule has 0 aromatic heterocycles. The van der Waals surface area contributed by atoms with Gasteiger partial charge < -0.3 is 4.43 Å². The van der Waals surface area contributed by atoms with Crippen molar-refractivity contribution in [3.05, 3.63) is 0 Å². The molecule has 0 aliphatic rings.